The maximum absolute atomic E-state index is 13.2. The summed E-state index contributed by atoms with van der Waals surface area (Å²) in [5.74, 6) is -0.473. The lowest BCUT2D eigenvalue weighted by atomic mass is 9.80. The Hall–Kier alpha value is -3.09. The van der Waals surface area contributed by atoms with Crippen LogP contribution in [0, 0.1) is 12.3 Å². The zero-order valence-corrected chi connectivity index (χ0v) is 17.0. The highest BCUT2D eigenvalue weighted by atomic mass is 16.4. The number of piperidine rings is 1. The summed E-state index contributed by atoms with van der Waals surface area (Å²) in [4.78, 5) is 40.5. The Labute approximate surface area is 169 Å². The lowest BCUT2D eigenvalue weighted by Gasteiger charge is -2.41. The van der Waals surface area contributed by atoms with E-state index in [1.165, 1.54) is 6.07 Å². The van der Waals surface area contributed by atoms with Gasteiger partial charge in [-0.25, -0.2) is 4.79 Å². The first-order valence-electron chi connectivity index (χ1n) is 9.64. The summed E-state index contributed by atoms with van der Waals surface area (Å²) < 4.78 is 5.49. The van der Waals surface area contributed by atoms with Crippen LogP contribution in [0.2, 0.25) is 0 Å². The van der Waals surface area contributed by atoms with Gasteiger partial charge in [0.05, 0.1) is 12.0 Å². The van der Waals surface area contributed by atoms with Gasteiger partial charge in [-0.05, 0) is 44.9 Å². The number of carboxylic acid groups (broad SMARTS) is 1. The third-order valence-corrected chi connectivity index (χ3v) is 5.46. The second kappa shape index (κ2) is 8.11. The van der Waals surface area contributed by atoms with Crippen LogP contribution in [0.4, 0.5) is 0 Å². The molecule has 1 fully saturated rings. The lowest BCUT2D eigenvalue weighted by molar-refractivity contribution is -0.143. The van der Waals surface area contributed by atoms with Gasteiger partial charge in [0.25, 0.3) is 5.91 Å². The van der Waals surface area contributed by atoms with Crippen molar-refractivity contribution < 1.29 is 23.9 Å². The van der Waals surface area contributed by atoms with Gasteiger partial charge in [0, 0.05) is 25.7 Å². The molecule has 0 spiro atoms. The minimum atomic E-state index is -1.05. The Bertz CT molecular complexity index is 921. The molecule has 0 saturated carbocycles. The highest BCUT2D eigenvalue weighted by molar-refractivity contribution is 5.95. The molecule has 1 aromatic carbocycles. The highest BCUT2D eigenvalue weighted by Crippen LogP contribution is 2.32. The van der Waals surface area contributed by atoms with Crippen LogP contribution < -0.4 is 0 Å². The lowest BCUT2D eigenvalue weighted by Crippen LogP contribution is -2.52. The Morgan fingerprint density at radius 1 is 1.24 bits per heavy atom. The molecule has 1 aliphatic heterocycles. The average Bonchev–Trinajstić information content (AvgIpc) is 3.07. The molecule has 0 aliphatic carbocycles. The number of furan rings is 1. The standard InChI is InChI=1S/C22H26N2O5/c1-15-18(20(26)27)12-17(29-15)13-23(3)21(28)22(2)10-7-11-24(14-22)19(25)16-8-5-4-6-9-16/h4-6,8-9,12H,7,10-11,13-14H2,1-3H3,(H,26,27). The number of hydrogen-bond acceptors (Lipinski definition) is 4. The van der Waals surface area contributed by atoms with Gasteiger partial charge in [-0.3, -0.25) is 9.59 Å². The smallest absolute Gasteiger partial charge is 0.339 e. The Morgan fingerprint density at radius 3 is 2.55 bits per heavy atom. The summed E-state index contributed by atoms with van der Waals surface area (Å²) in [6, 6.07) is 10.5. The van der Waals surface area contributed by atoms with Crippen molar-refractivity contribution in [3.63, 3.8) is 0 Å². The molecule has 1 saturated heterocycles. The van der Waals surface area contributed by atoms with Crippen LogP contribution in [-0.2, 0) is 11.3 Å². The SMILES string of the molecule is Cc1oc(CN(C)C(=O)C2(C)CCCN(C(=O)c3ccccc3)C2)cc1C(=O)O. The third kappa shape index (κ3) is 4.34. The summed E-state index contributed by atoms with van der Waals surface area (Å²) >= 11 is 0. The van der Waals surface area contributed by atoms with Gasteiger partial charge in [-0.2, -0.15) is 0 Å². The second-order valence-electron chi connectivity index (χ2n) is 7.91. The van der Waals surface area contributed by atoms with Crippen LogP contribution >= 0.6 is 0 Å². The van der Waals surface area contributed by atoms with Crippen molar-refractivity contribution in [1.29, 1.82) is 0 Å². The van der Waals surface area contributed by atoms with E-state index in [-0.39, 0.29) is 23.9 Å². The molecule has 0 bridgehead atoms. The largest absolute Gasteiger partial charge is 0.478 e. The predicted octanol–water partition coefficient (Wildman–Crippen LogP) is 3.19. The van der Waals surface area contributed by atoms with Crippen LogP contribution in [0.3, 0.4) is 0 Å². The third-order valence-electron chi connectivity index (χ3n) is 5.46. The molecule has 1 N–H and O–H groups in total. The highest BCUT2D eigenvalue weighted by Gasteiger charge is 2.41. The van der Waals surface area contributed by atoms with Gasteiger partial charge in [-0.1, -0.05) is 18.2 Å². The maximum atomic E-state index is 13.2. The molecule has 2 aromatic rings. The van der Waals surface area contributed by atoms with Crippen molar-refractivity contribution in [1.82, 2.24) is 9.80 Å². The fourth-order valence-corrected chi connectivity index (χ4v) is 3.95. The molecule has 7 heteroatoms. The van der Waals surface area contributed by atoms with Crippen molar-refractivity contribution in [2.24, 2.45) is 5.41 Å². The summed E-state index contributed by atoms with van der Waals surface area (Å²) in [6.07, 6.45) is 1.43. The summed E-state index contributed by atoms with van der Waals surface area (Å²) in [5, 5.41) is 9.16. The number of nitrogens with zero attached hydrogens (tertiary/aromatic N) is 2. The predicted molar refractivity (Wildman–Crippen MR) is 107 cm³/mol. The molecule has 0 radical (unpaired) electrons. The normalized spacial score (nSPS) is 19.1. The number of amides is 2. The van der Waals surface area contributed by atoms with E-state index in [2.05, 4.69) is 0 Å². The van der Waals surface area contributed by atoms with E-state index in [0.29, 0.717) is 36.6 Å². The Balaban J connectivity index is 1.71. The van der Waals surface area contributed by atoms with E-state index in [1.54, 1.807) is 35.9 Å². The number of hydrogen-bond donors (Lipinski definition) is 1. The minimum absolute atomic E-state index is 0.0697. The number of rotatable bonds is 5. The average molecular weight is 398 g/mol. The van der Waals surface area contributed by atoms with Crippen molar-refractivity contribution in [2.75, 3.05) is 20.1 Å². The number of likely N-dealkylation sites (tertiary alicyclic amines) is 1. The number of carbonyl (C=O) groups is 3. The first-order chi connectivity index (χ1) is 13.7. The Kier molecular flexibility index (Phi) is 5.77. The topological polar surface area (TPSA) is 91.1 Å². The number of aryl methyl sites for hydroxylation is 1. The molecule has 1 unspecified atom stereocenters. The van der Waals surface area contributed by atoms with Crippen LogP contribution in [0.25, 0.3) is 0 Å². The number of carbonyl (C=O) groups excluding carboxylic acids is 2. The molecule has 7 nitrogen and oxygen atoms in total. The number of benzene rings is 1. The molecule has 3 rings (SSSR count). The summed E-state index contributed by atoms with van der Waals surface area (Å²) in [6.45, 7) is 4.62. The molecular formula is C22H26N2O5. The van der Waals surface area contributed by atoms with Crippen molar-refractivity contribution in [3.8, 4) is 0 Å². The summed E-state index contributed by atoms with van der Waals surface area (Å²) in [7, 11) is 1.67. The van der Waals surface area contributed by atoms with Gasteiger partial charge in [0.15, 0.2) is 0 Å². The van der Waals surface area contributed by atoms with Crippen molar-refractivity contribution in [2.45, 2.75) is 33.2 Å². The van der Waals surface area contributed by atoms with E-state index in [0.717, 1.165) is 6.42 Å². The van der Waals surface area contributed by atoms with Crippen molar-refractivity contribution in [3.05, 3.63) is 59.0 Å². The number of aromatic carboxylic acids is 1. The molecule has 1 atom stereocenters. The van der Waals surface area contributed by atoms with Crippen LogP contribution in [0.5, 0.6) is 0 Å². The van der Waals surface area contributed by atoms with E-state index in [9.17, 15) is 14.4 Å². The Morgan fingerprint density at radius 2 is 1.93 bits per heavy atom. The second-order valence-corrected chi connectivity index (χ2v) is 7.91. The van der Waals surface area contributed by atoms with E-state index in [1.807, 2.05) is 25.1 Å². The molecule has 1 aromatic heterocycles. The minimum Gasteiger partial charge on any atom is -0.478 e. The first-order valence-corrected chi connectivity index (χ1v) is 9.64. The van der Waals surface area contributed by atoms with Gasteiger partial charge in [0.1, 0.15) is 17.1 Å². The summed E-state index contributed by atoms with van der Waals surface area (Å²) in [5.41, 5.74) is 0.0171. The first kappa shape index (κ1) is 20.6. The molecule has 154 valence electrons. The molecule has 1 aliphatic rings. The molecule has 29 heavy (non-hydrogen) atoms. The fourth-order valence-electron chi connectivity index (χ4n) is 3.95. The maximum Gasteiger partial charge on any atom is 0.339 e. The zero-order chi connectivity index (χ0) is 21.2. The molecule has 2 heterocycles. The van der Waals surface area contributed by atoms with Crippen LogP contribution in [-0.4, -0.2) is 52.8 Å². The van der Waals surface area contributed by atoms with Gasteiger partial charge >= 0.3 is 5.97 Å². The van der Waals surface area contributed by atoms with Gasteiger partial charge < -0.3 is 19.3 Å². The van der Waals surface area contributed by atoms with Crippen LogP contribution in [0.1, 0.15) is 52.0 Å². The van der Waals surface area contributed by atoms with Gasteiger partial charge in [0.2, 0.25) is 5.91 Å². The van der Waals surface area contributed by atoms with E-state index >= 15 is 0 Å². The number of carboxylic acids is 1. The zero-order valence-electron chi connectivity index (χ0n) is 17.0. The van der Waals surface area contributed by atoms with Gasteiger partial charge in [-0.15, -0.1) is 0 Å². The van der Waals surface area contributed by atoms with E-state index < -0.39 is 11.4 Å². The molecular weight excluding hydrogens is 372 g/mol. The van der Waals surface area contributed by atoms with Crippen LogP contribution in [0.15, 0.2) is 40.8 Å². The molecule has 2 amide bonds. The monoisotopic (exact) mass is 398 g/mol. The van der Waals surface area contributed by atoms with E-state index in [4.69, 9.17) is 9.52 Å². The fraction of sp³-hybridized carbons (Fsp3) is 0.409. The van der Waals surface area contributed by atoms with Crippen molar-refractivity contribution >= 4 is 17.8 Å². The quantitative estimate of drug-likeness (QED) is 0.835.